The topological polar surface area (TPSA) is 29.5 Å². The Hall–Kier alpha value is -2.11. The highest BCUT2D eigenvalue weighted by Crippen LogP contribution is 2.35. The average molecular weight is 470 g/mol. The molecule has 3 aromatic rings. The van der Waals surface area contributed by atoms with E-state index in [-0.39, 0.29) is 6.61 Å². The molecule has 3 aromatic carbocycles. The molecule has 0 heterocycles. The van der Waals surface area contributed by atoms with Gasteiger partial charge >= 0.3 is 0 Å². The molecule has 0 aromatic heterocycles. The molecule has 0 radical (unpaired) electrons. The van der Waals surface area contributed by atoms with Crippen molar-refractivity contribution in [3.8, 4) is 5.75 Å². The van der Waals surface area contributed by atoms with E-state index in [1.807, 2.05) is 18.2 Å². The lowest BCUT2D eigenvalue weighted by Gasteiger charge is -2.17. The monoisotopic (exact) mass is 470 g/mol. The third-order valence-corrected chi connectivity index (χ3v) is 4.87. The Bertz CT molecular complexity index is 856. The standard InChI is InChI=1S/C24H23IO2/c25-16-15-23(19-7-3-1-4-8-19)24(20-9-5-2-6-10-20)21-11-13-22(14-12-21)27-18-17-26/h1-14,26H,15-18H2/b24-23-. The first-order chi connectivity index (χ1) is 13.3. The summed E-state index contributed by atoms with van der Waals surface area (Å²) in [6.07, 6.45) is 0.998. The Morgan fingerprint density at radius 2 is 1.30 bits per heavy atom. The molecule has 0 saturated heterocycles. The summed E-state index contributed by atoms with van der Waals surface area (Å²) in [7, 11) is 0. The molecule has 0 unspecified atom stereocenters. The fourth-order valence-corrected chi connectivity index (χ4v) is 3.69. The second-order valence-corrected chi connectivity index (χ2v) is 7.20. The first-order valence-corrected chi connectivity index (χ1v) is 10.6. The van der Waals surface area contributed by atoms with Gasteiger partial charge < -0.3 is 9.84 Å². The fourth-order valence-electron chi connectivity index (χ4n) is 3.15. The summed E-state index contributed by atoms with van der Waals surface area (Å²) in [4.78, 5) is 0. The molecule has 0 aliphatic heterocycles. The van der Waals surface area contributed by atoms with Crippen LogP contribution < -0.4 is 4.74 Å². The predicted molar refractivity (Wildman–Crippen MR) is 121 cm³/mol. The van der Waals surface area contributed by atoms with E-state index < -0.39 is 0 Å². The summed E-state index contributed by atoms with van der Waals surface area (Å²) in [6, 6.07) is 29.3. The number of ether oxygens (including phenoxy) is 1. The zero-order valence-corrected chi connectivity index (χ0v) is 17.3. The van der Waals surface area contributed by atoms with Crippen LogP contribution in [0.25, 0.3) is 11.1 Å². The van der Waals surface area contributed by atoms with Crippen molar-refractivity contribution in [1.82, 2.24) is 0 Å². The SMILES string of the molecule is OCCOc1ccc(/C(=C(/CCI)c2ccccc2)c2ccccc2)cc1. The molecule has 3 heteroatoms. The van der Waals surface area contributed by atoms with Crippen LogP contribution in [-0.2, 0) is 0 Å². The molecule has 0 spiro atoms. The molecule has 0 bridgehead atoms. The minimum Gasteiger partial charge on any atom is -0.491 e. The smallest absolute Gasteiger partial charge is 0.119 e. The summed E-state index contributed by atoms with van der Waals surface area (Å²) >= 11 is 2.44. The quantitative estimate of drug-likeness (QED) is 0.255. The van der Waals surface area contributed by atoms with E-state index in [2.05, 4.69) is 89.3 Å². The van der Waals surface area contributed by atoms with Crippen molar-refractivity contribution in [2.75, 3.05) is 17.6 Å². The molecule has 0 amide bonds. The second-order valence-electron chi connectivity index (χ2n) is 6.12. The van der Waals surface area contributed by atoms with Crippen LogP contribution in [0.1, 0.15) is 23.1 Å². The number of allylic oxidation sites excluding steroid dienone is 1. The van der Waals surface area contributed by atoms with Crippen molar-refractivity contribution >= 4 is 33.7 Å². The van der Waals surface area contributed by atoms with Gasteiger partial charge in [0, 0.05) is 4.43 Å². The van der Waals surface area contributed by atoms with Crippen LogP contribution in [0.3, 0.4) is 0 Å². The molecule has 0 saturated carbocycles. The van der Waals surface area contributed by atoms with Crippen molar-refractivity contribution in [2.45, 2.75) is 6.42 Å². The average Bonchev–Trinajstić information content (AvgIpc) is 2.74. The lowest BCUT2D eigenvalue weighted by Crippen LogP contribution is -2.01. The van der Waals surface area contributed by atoms with Crippen LogP contribution in [0.2, 0.25) is 0 Å². The maximum absolute atomic E-state index is 8.94. The molecule has 27 heavy (non-hydrogen) atoms. The van der Waals surface area contributed by atoms with Crippen molar-refractivity contribution in [1.29, 1.82) is 0 Å². The second kappa shape index (κ2) is 10.3. The van der Waals surface area contributed by atoms with Crippen molar-refractivity contribution < 1.29 is 9.84 Å². The molecular weight excluding hydrogens is 447 g/mol. The van der Waals surface area contributed by atoms with Gasteiger partial charge in [0.15, 0.2) is 0 Å². The zero-order chi connectivity index (χ0) is 18.9. The predicted octanol–water partition coefficient (Wildman–Crippen LogP) is 5.84. The largest absolute Gasteiger partial charge is 0.491 e. The summed E-state index contributed by atoms with van der Waals surface area (Å²) in [6.45, 7) is 0.329. The first-order valence-electron chi connectivity index (χ1n) is 9.07. The highest BCUT2D eigenvalue weighted by molar-refractivity contribution is 14.1. The van der Waals surface area contributed by atoms with Gasteiger partial charge in [-0.3, -0.25) is 0 Å². The van der Waals surface area contributed by atoms with Gasteiger partial charge in [-0.05, 0) is 46.4 Å². The molecule has 0 aliphatic rings. The minimum atomic E-state index is 0.0186. The molecule has 0 aliphatic carbocycles. The van der Waals surface area contributed by atoms with Crippen LogP contribution in [0.4, 0.5) is 0 Å². The van der Waals surface area contributed by atoms with Gasteiger partial charge in [0.25, 0.3) is 0 Å². The Labute approximate surface area is 174 Å². The van der Waals surface area contributed by atoms with Gasteiger partial charge in [-0.1, -0.05) is 95.4 Å². The maximum Gasteiger partial charge on any atom is 0.119 e. The third kappa shape index (κ3) is 5.21. The number of rotatable bonds is 8. The molecular formula is C24H23IO2. The van der Waals surface area contributed by atoms with Gasteiger partial charge in [0.05, 0.1) is 6.61 Å². The minimum absolute atomic E-state index is 0.0186. The number of hydrogen-bond donors (Lipinski definition) is 1. The van der Waals surface area contributed by atoms with Crippen molar-refractivity contribution in [3.63, 3.8) is 0 Å². The summed E-state index contributed by atoms with van der Waals surface area (Å²) in [5.41, 5.74) is 6.24. The van der Waals surface area contributed by atoms with Crippen molar-refractivity contribution in [3.05, 3.63) is 102 Å². The number of hydrogen-bond acceptors (Lipinski definition) is 2. The van der Waals surface area contributed by atoms with E-state index in [4.69, 9.17) is 9.84 Å². The van der Waals surface area contributed by atoms with Crippen LogP contribution in [0.15, 0.2) is 84.9 Å². The number of alkyl halides is 1. The summed E-state index contributed by atoms with van der Waals surface area (Å²) in [5.74, 6) is 0.773. The number of benzene rings is 3. The van der Waals surface area contributed by atoms with E-state index in [0.29, 0.717) is 6.61 Å². The van der Waals surface area contributed by atoms with E-state index in [1.165, 1.54) is 27.8 Å². The zero-order valence-electron chi connectivity index (χ0n) is 15.1. The Balaban J connectivity index is 2.13. The molecule has 138 valence electrons. The van der Waals surface area contributed by atoms with Gasteiger partial charge in [-0.25, -0.2) is 0 Å². The van der Waals surface area contributed by atoms with Crippen LogP contribution in [0, 0.1) is 0 Å². The summed E-state index contributed by atoms with van der Waals surface area (Å²) in [5, 5.41) is 8.94. The van der Waals surface area contributed by atoms with Crippen LogP contribution in [-0.4, -0.2) is 22.7 Å². The Morgan fingerprint density at radius 1 is 0.741 bits per heavy atom. The molecule has 3 rings (SSSR count). The molecule has 0 atom stereocenters. The lowest BCUT2D eigenvalue weighted by atomic mass is 9.88. The lowest BCUT2D eigenvalue weighted by molar-refractivity contribution is 0.201. The van der Waals surface area contributed by atoms with E-state index in [0.717, 1.165) is 16.6 Å². The van der Waals surface area contributed by atoms with Crippen molar-refractivity contribution in [2.24, 2.45) is 0 Å². The highest BCUT2D eigenvalue weighted by Gasteiger charge is 2.13. The highest BCUT2D eigenvalue weighted by atomic mass is 127. The van der Waals surface area contributed by atoms with Crippen LogP contribution >= 0.6 is 22.6 Å². The first kappa shape index (κ1) is 19.6. The van der Waals surface area contributed by atoms with Gasteiger partial charge in [0.1, 0.15) is 12.4 Å². The summed E-state index contributed by atoms with van der Waals surface area (Å²) < 4.78 is 6.57. The third-order valence-electron chi connectivity index (χ3n) is 4.33. The molecule has 2 nitrogen and oxygen atoms in total. The molecule has 0 fully saturated rings. The van der Waals surface area contributed by atoms with Gasteiger partial charge in [0.2, 0.25) is 0 Å². The Morgan fingerprint density at radius 3 is 1.85 bits per heavy atom. The van der Waals surface area contributed by atoms with Gasteiger partial charge in [-0.2, -0.15) is 0 Å². The van der Waals surface area contributed by atoms with Gasteiger partial charge in [-0.15, -0.1) is 0 Å². The number of halogens is 1. The fraction of sp³-hybridized carbons (Fsp3) is 0.167. The normalized spacial score (nSPS) is 11.8. The van der Waals surface area contributed by atoms with E-state index >= 15 is 0 Å². The molecule has 1 N–H and O–H groups in total. The number of aliphatic hydroxyl groups is 1. The van der Waals surface area contributed by atoms with E-state index in [1.54, 1.807) is 0 Å². The van der Waals surface area contributed by atoms with Crippen LogP contribution in [0.5, 0.6) is 5.75 Å². The maximum atomic E-state index is 8.94. The number of aliphatic hydroxyl groups excluding tert-OH is 1. The van der Waals surface area contributed by atoms with E-state index in [9.17, 15) is 0 Å². The Kier molecular flexibility index (Phi) is 7.48.